The molecule has 186 valence electrons. The van der Waals surface area contributed by atoms with Crippen molar-refractivity contribution in [2.75, 3.05) is 13.1 Å². The van der Waals surface area contributed by atoms with Gasteiger partial charge in [0.15, 0.2) is 11.5 Å². The van der Waals surface area contributed by atoms with E-state index in [1.54, 1.807) is 18.2 Å². The van der Waals surface area contributed by atoms with E-state index in [2.05, 4.69) is 39.6 Å². The van der Waals surface area contributed by atoms with E-state index in [4.69, 9.17) is 16.1 Å². The molecule has 0 unspecified atom stereocenters. The highest BCUT2D eigenvalue weighted by Gasteiger charge is 2.28. The van der Waals surface area contributed by atoms with E-state index in [1.165, 1.54) is 16.0 Å². The minimum absolute atomic E-state index is 0.0896. The third-order valence-corrected chi connectivity index (χ3v) is 7.69. The van der Waals surface area contributed by atoms with E-state index < -0.39 is 0 Å². The summed E-state index contributed by atoms with van der Waals surface area (Å²) in [6.45, 7) is 6.48. The predicted molar refractivity (Wildman–Crippen MR) is 134 cm³/mol. The minimum Gasteiger partial charge on any atom is -0.355 e. The number of piperidine rings is 1. The number of hydrogen-bond donors (Lipinski definition) is 2. The molecule has 1 saturated heterocycles. The summed E-state index contributed by atoms with van der Waals surface area (Å²) < 4.78 is 7.67. The number of nitrogens with one attached hydrogen (secondary N) is 2. The van der Waals surface area contributed by atoms with Crippen LogP contribution in [0.15, 0.2) is 28.8 Å². The lowest BCUT2D eigenvalue weighted by Gasteiger charge is -2.34. The Hall–Kier alpha value is -2.69. The average molecular weight is 517 g/mol. The van der Waals surface area contributed by atoms with Crippen LogP contribution in [0.25, 0.3) is 10.6 Å². The molecule has 0 atom stereocenters. The highest BCUT2D eigenvalue weighted by atomic mass is 35.5. The molecule has 4 heterocycles. The molecule has 2 N–H and O–H groups in total. The largest absolute Gasteiger partial charge is 0.355 e. The predicted octanol–water partition coefficient (Wildman–Crippen LogP) is 3.80. The third-order valence-electron chi connectivity index (χ3n) is 6.44. The summed E-state index contributed by atoms with van der Waals surface area (Å²) in [4.78, 5) is 29.2. The van der Waals surface area contributed by atoms with Gasteiger partial charge in [-0.3, -0.25) is 14.3 Å². The van der Waals surface area contributed by atoms with Crippen molar-refractivity contribution in [2.45, 2.75) is 64.2 Å². The van der Waals surface area contributed by atoms with Gasteiger partial charge < -0.3 is 20.1 Å². The lowest BCUT2D eigenvalue weighted by Crippen LogP contribution is -2.46. The number of carbonyl (C=O) groups excluding carboxylic acids is 2. The van der Waals surface area contributed by atoms with E-state index in [0.717, 1.165) is 43.6 Å². The van der Waals surface area contributed by atoms with Crippen molar-refractivity contribution < 1.29 is 14.1 Å². The summed E-state index contributed by atoms with van der Waals surface area (Å²) >= 11 is 7.43. The number of carbonyl (C=O) groups is 2. The van der Waals surface area contributed by atoms with Gasteiger partial charge in [-0.1, -0.05) is 16.8 Å². The van der Waals surface area contributed by atoms with Gasteiger partial charge in [0, 0.05) is 43.3 Å². The molecule has 1 aliphatic heterocycles. The Bertz CT molecular complexity index is 1210. The summed E-state index contributed by atoms with van der Waals surface area (Å²) in [6.07, 6.45) is 3.73. The monoisotopic (exact) mass is 516 g/mol. The van der Waals surface area contributed by atoms with E-state index in [-0.39, 0.29) is 36.1 Å². The first kappa shape index (κ1) is 24.0. The standard InChI is InChI=1S/C24H29ClN6O3S/c1-14(2)30-9-7-16(8-10-30)27-24(33)19-12-18(23(32)26-15-3-4-15)28-31(19)13-17-11-20(34-29-17)21-5-6-22(25)35-21/h5-6,11-12,14-16H,3-4,7-10,13H2,1-2H3,(H,26,32)(H,27,33). The molecule has 0 spiro atoms. The number of amides is 2. The maximum atomic E-state index is 13.3. The van der Waals surface area contributed by atoms with E-state index in [1.807, 2.05) is 6.07 Å². The van der Waals surface area contributed by atoms with Crippen LogP contribution < -0.4 is 10.6 Å². The first-order valence-electron chi connectivity index (χ1n) is 12.0. The number of rotatable bonds is 8. The molecule has 2 aliphatic rings. The van der Waals surface area contributed by atoms with Crippen molar-refractivity contribution in [1.82, 2.24) is 30.5 Å². The smallest absolute Gasteiger partial charge is 0.272 e. The third kappa shape index (κ3) is 5.76. The Morgan fingerprint density at radius 3 is 2.49 bits per heavy atom. The summed E-state index contributed by atoms with van der Waals surface area (Å²) in [5, 5.41) is 14.7. The molecule has 3 aromatic heterocycles. The maximum absolute atomic E-state index is 13.3. The normalized spacial score (nSPS) is 17.1. The van der Waals surface area contributed by atoms with Crippen LogP contribution in [0, 0.1) is 0 Å². The Kier molecular flexibility index (Phi) is 6.95. The molecule has 9 nitrogen and oxygen atoms in total. The molecule has 1 saturated carbocycles. The average Bonchev–Trinajstić information content (AvgIpc) is 3.20. The molecule has 2 fully saturated rings. The fourth-order valence-electron chi connectivity index (χ4n) is 4.24. The maximum Gasteiger partial charge on any atom is 0.272 e. The fourth-order valence-corrected chi connectivity index (χ4v) is 5.23. The van der Waals surface area contributed by atoms with Crippen molar-refractivity contribution in [3.8, 4) is 10.6 Å². The van der Waals surface area contributed by atoms with Crippen molar-refractivity contribution in [3.63, 3.8) is 0 Å². The van der Waals surface area contributed by atoms with Crippen LogP contribution >= 0.6 is 22.9 Å². The molecule has 11 heteroatoms. The van der Waals surface area contributed by atoms with Crippen molar-refractivity contribution in [1.29, 1.82) is 0 Å². The van der Waals surface area contributed by atoms with Gasteiger partial charge >= 0.3 is 0 Å². The van der Waals surface area contributed by atoms with Gasteiger partial charge in [0.1, 0.15) is 11.4 Å². The lowest BCUT2D eigenvalue weighted by molar-refractivity contribution is 0.0889. The van der Waals surface area contributed by atoms with Crippen molar-refractivity contribution in [2.24, 2.45) is 0 Å². The highest BCUT2D eigenvalue weighted by molar-refractivity contribution is 7.19. The van der Waals surface area contributed by atoms with E-state index in [9.17, 15) is 9.59 Å². The fraction of sp³-hybridized carbons (Fsp3) is 0.500. The lowest BCUT2D eigenvalue weighted by atomic mass is 10.0. The van der Waals surface area contributed by atoms with Crippen LogP contribution in [-0.2, 0) is 6.54 Å². The van der Waals surface area contributed by atoms with Gasteiger partial charge in [-0.25, -0.2) is 0 Å². The molecule has 0 radical (unpaired) electrons. The van der Waals surface area contributed by atoms with Gasteiger partial charge in [0.2, 0.25) is 0 Å². The second-order valence-electron chi connectivity index (χ2n) is 9.48. The number of nitrogens with zero attached hydrogens (tertiary/aromatic N) is 4. The van der Waals surface area contributed by atoms with Gasteiger partial charge in [-0.2, -0.15) is 5.10 Å². The zero-order valence-corrected chi connectivity index (χ0v) is 21.4. The van der Waals surface area contributed by atoms with Crippen LogP contribution in [0.3, 0.4) is 0 Å². The molecule has 2 amide bonds. The van der Waals surface area contributed by atoms with Gasteiger partial charge in [0.05, 0.1) is 15.8 Å². The molecule has 0 bridgehead atoms. The van der Waals surface area contributed by atoms with E-state index in [0.29, 0.717) is 27.5 Å². The summed E-state index contributed by atoms with van der Waals surface area (Å²) in [6, 6.07) is 7.83. The number of aromatic nitrogens is 3. The Morgan fingerprint density at radius 1 is 1.11 bits per heavy atom. The molecular weight excluding hydrogens is 488 g/mol. The minimum atomic E-state index is -0.264. The highest BCUT2D eigenvalue weighted by Crippen LogP contribution is 2.31. The van der Waals surface area contributed by atoms with Crippen molar-refractivity contribution in [3.05, 3.63) is 45.7 Å². The van der Waals surface area contributed by atoms with Gasteiger partial charge in [-0.05, 0) is 51.7 Å². The Balaban J connectivity index is 1.33. The second-order valence-corrected chi connectivity index (χ2v) is 11.2. The van der Waals surface area contributed by atoms with Crippen LogP contribution in [0.1, 0.15) is 66.2 Å². The summed E-state index contributed by atoms with van der Waals surface area (Å²) in [7, 11) is 0. The quantitative estimate of drug-likeness (QED) is 0.472. The van der Waals surface area contributed by atoms with Crippen molar-refractivity contribution >= 4 is 34.8 Å². The molecule has 0 aromatic carbocycles. The summed E-state index contributed by atoms with van der Waals surface area (Å²) in [5.74, 6) is 0.0954. The van der Waals surface area contributed by atoms with Gasteiger partial charge in [-0.15, -0.1) is 11.3 Å². The number of halogens is 1. The van der Waals surface area contributed by atoms with Gasteiger partial charge in [0.25, 0.3) is 11.8 Å². The molecule has 5 rings (SSSR count). The first-order valence-corrected chi connectivity index (χ1v) is 13.2. The van der Waals surface area contributed by atoms with E-state index >= 15 is 0 Å². The summed E-state index contributed by atoms with van der Waals surface area (Å²) in [5.41, 5.74) is 1.16. The number of likely N-dealkylation sites (tertiary alicyclic amines) is 1. The number of hydrogen-bond acceptors (Lipinski definition) is 7. The molecule has 35 heavy (non-hydrogen) atoms. The number of thiophene rings is 1. The van der Waals surface area contributed by atoms with Crippen LogP contribution in [0.2, 0.25) is 4.34 Å². The SMILES string of the molecule is CC(C)N1CCC(NC(=O)c2cc(C(=O)NC3CC3)nn2Cc2cc(-c3ccc(Cl)s3)on2)CC1. The molecule has 3 aromatic rings. The van der Waals surface area contributed by atoms with Crippen LogP contribution in [-0.4, -0.2) is 62.9 Å². The second kappa shape index (κ2) is 10.1. The molecule has 1 aliphatic carbocycles. The molecular formula is C24H29ClN6O3S. The topological polar surface area (TPSA) is 105 Å². The van der Waals surface area contributed by atoms with Crippen LogP contribution in [0.5, 0.6) is 0 Å². The van der Waals surface area contributed by atoms with Crippen LogP contribution in [0.4, 0.5) is 0 Å². The first-order chi connectivity index (χ1) is 16.9. The zero-order valence-electron chi connectivity index (χ0n) is 19.8. The zero-order chi connectivity index (χ0) is 24.5. The Morgan fingerprint density at radius 2 is 1.83 bits per heavy atom. The Labute approximate surface area is 212 Å².